The first-order valence-electron chi connectivity index (χ1n) is 8.96. The van der Waals surface area contributed by atoms with Gasteiger partial charge in [-0.05, 0) is 56.0 Å². The molecule has 1 atom stereocenters. The number of carbonyl (C=O) groups is 1. The maximum Gasteiger partial charge on any atom is 0.271 e. The minimum absolute atomic E-state index is 0. The predicted octanol–water partition coefficient (Wildman–Crippen LogP) is 2.83. The van der Waals surface area contributed by atoms with E-state index >= 15 is 0 Å². The normalized spacial score (nSPS) is 20.9. The summed E-state index contributed by atoms with van der Waals surface area (Å²) in [4.78, 5) is 12.4. The van der Waals surface area contributed by atoms with Crippen molar-refractivity contribution in [2.24, 2.45) is 0 Å². The predicted molar refractivity (Wildman–Crippen MR) is 100 cm³/mol. The van der Waals surface area contributed by atoms with Gasteiger partial charge in [-0.3, -0.25) is 9.48 Å². The average Bonchev–Trinajstić information content (AvgIpc) is 3.27. The number of hydrogen-bond acceptors (Lipinski definition) is 3. The Balaban J connectivity index is 0.00000196. The fraction of sp³-hybridized carbons (Fsp3) is 0.474. The molecule has 140 valence electrons. The van der Waals surface area contributed by atoms with Gasteiger partial charge in [-0.1, -0.05) is 12.1 Å². The van der Waals surface area contributed by atoms with E-state index < -0.39 is 0 Å². The Bertz CT molecular complexity index is 751. The third kappa shape index (κ3) is 3.91. The van der Waals surface area contributed by atoms with Crippen LogP contribution in [-0.2, 0) is 5.41 Å². The maximum absolute atomic E-state index is 13.1. The van der Waals surface area contributed by atoms with Crippen molar-refractivity contribution in [3.63, 3.8) is 0 Å². The van der Waals surface area contributed by atoms with Crippen LogP contribution in [0.15, 0.2) is 36.5 Å². The molecule has 4 rings (SSSR count). The highest BCUT2D eigenvalue weighted by molar-refractivity contribution is 5.92. The second-order valence-corrected chi connectivity index (χ2v) is 7.15. The van der Waals surface area contributed by atoms with E-state index in [0.29, 0.717) is 18.3 Å². The van der Waals surface area contributed by atoms with Gasteiger partial charge >= 0.3 is 0 Å². The van der Waals surface area contributed by atoms with Crippen LogP contribution in [0.5, 0.6) is 0 Å². The Labute approximate surface area is 158 Å². The Hall–Kier alpha value is -1.92. The van der Waals surface area contributed by atoms with E-state index in [-0.39, 0.29) is 29.5 Å². The van der Waals surface area contributed by atoms with Crippen LogP contribution in [0.2, 0.25) is 0 Å². The minimum Gasteiger partial charge on any atom is -0.350 e. The highest BCUT2D eigenvalue weighted by atomic mass is 35.5. The largest absolute Gasteiger partial charge is 0.350 e. The van der Waals surface area contributed by atoms with Crippen LogP contribution in [0.3, 0.4) is 0 Å². The zero-order valence-electron chi connectivity index (χ0n) is 14.6. The fourth-order valence-corrected chi connectivity index (χ4v) is 3.58. The van der Waals surface area contributed by atoms with Gasteiger partial charge in [-0.25, -0.2) is 4.39 Å². The number of aromatic nitrogens is 2. The molecule has 1 unspecified atom stereocenters. The number of benzene rings is 1. The molecule has 7 heteroatoms. The third-order valence-corrected chi connectivity index (χ3v) is 5.38. The number of piperidine rings is 1. The Kier molecular flexibility index (Phi) is 5.63. The van der Waals surface area contributed by atoms with Crippen molar-refractivity contribution in [1.29, 1.82) is 0 Å². The lowest BCUT2D eigenvalue weighted by Crippen LogP contribution is -2.33. The lowest BCUT2D eigenvalue weighted by atomic mass is 9.96. The average molecular weight is 379 g/mol. The van der Waals surface area contributed by atoms with E-state index in [1.54, 1.807) is 6.07 Å². The standard InChI is InChI=1S/C19H23FN4O.ClH/c20-15-5-3-14(4-6-15)19(8-9-19)13-22-18(25)17-7-11-24(23-17)16-2-1-10-21-12-16;/h3-7,11,16,21H,1-2,8-10,12-13H2,(H,22,25);1H. The first-order chi connectivity index (χ1) is 12.2. The van der Waals surface area contributed by atoms with E-state index in [1.165, 1.54) is 12.1 Å². The third-order valence-electron chi connectivity index (χ3n) is 5.38. The Morgan fingerprint density at radius 3 is 2.73 bits per heavy atom. The summed E-state index contributed by atoms with van der Waals surface area (Å²) in [6.07, 6.45) is 6.14. The highest BCUT2D eigenvalue weighted by Crippen LogP contribution is 2.47. The molecule has 1 amide bonds. The molecule has 0 spiro atoms. The van der Waals surface area contributed by atoms with Gasteiger partial charge in [-0.15, -0.1) is 12.4 Å². The van der Waals surface area contributed by atoms with Gasteiger partial charge in [0, 0.05) is 24.7 Å². The zero-order valence-corrected chi connectivity index (χ0v) is 15.4. The van der Waals surface area contributed by atoms with Crippen molar-refractivity contribution >= 4 is 18.3 Å². The molecule has 1 aromatic carbocycles. The Morgan fingerprint density at radius 1 is 1.31 bits per heavy atom. The van der Waals surface area contributed by atoms with E-state index in [2.05, 4.69) is 15.7 Å². The zero-order chi connectivity index (χ0) is 17.3. The topological polar surface area (TPSA) is 59.0 Å². The summed E-state index contributed by atoms with van der Waals surface area (Å²) in [6.45, 7) is 2.52. The van der Waals surface area contributed by atoms with Crippen LogP contribution in [0.1, 0.15) is 47.8 Å². The number of carbonyl (C=O) groups excluding carboxylic acids is 1. The minimum atomic E-state index is -0.230. The van der Waals surface area contributed by atoms with Gasteiger partial charge in [0.25, 0.3) is 5.91 Å². The molecule has 1 aromatic heterocycles. The van der Waals surface area contributed by atoms with Crippen molar-refractivity contribution < 1.29 is 9.18 Å². The number of nitrogens with zero attached hydrogens (tertiary/aromatic N) is 2. The molecular weight excluding hydrogens is 355 g/mol. The van der Waals surface area contributed by atoms with Gasteiger partial charge < -0.3 is 10.6 Å². The summed E-state index contributed by atoms with van der Waals surface area (Å²) in [6, 6.07) is 8.71. The molecule has 0 bridgehead atoms. The molecule has 2 aliphatic rings. The molecular formula is C19H24ClFN4O. The van der Waals surface area contributed by atoms with Gasteiger partial charge in [0.2, 0.25) is 0 Å². The van der Waals surface area contributed by atoms with Gasteiger partial charge in [-0.2, -0.15) is 5.10 Å². The van der Waals surface area contributed by atoms with Crippen LogP contribution in [0.4, 0.5) is 4.39 Å². The molecule has 2 heterocycles. The maximum atomic E-state index is 13.1. The summed E-state index contributed by atoms with van der Waals surface area (Å²) in [7, 11) is 0. The number of halogens is 2. The summed E-state index contributed by atoms with van der Waals surface area (Å²) in [5, 5.41) is 10.8. The lowest BCUT2D eigenvalue weighted by molar-refractivity contribution is 0.0943. The lowest BCUT2D eigenvalue weighted by Gasteiger charge is -2.22. The molecule has 2 fully saturated rings. The fourth-order valence-electron chi connectivity index (χ4n) is 3.58. The van der Waals surface area contributed by atoms with Crippen LogP contribution in [0, 0.1) is 5.82 Å². The van der Waals surface area contributed by atoms with Crippen LogP contribution in [-0.4, -0.2) is 35.3 Å². The Morgan fingerprint density at radius 2 is 2.08 bits per heavy atom. The SMILES string of the molecule is Cl.O=C(NCC1(c2ccc(F)cc2)CC1)c1ccn(C2CCCNC2)n1. The molecule has 26 heavy (non-hydrogen) atoms. The van der Waals surface area contributed by atoms with Gasteiger partial charge in [0.15, 0.2) is 0 Å². The number of hydrogen-bond donors (Lipinski definition) is 2. The van der Waals surface area contributed by atoms with Crippen LogP contribution < -0.4 is 10.6 Å². The number of rotatable bonds is 5. The number of nitrogens with one attached hydrogen (secondary N) is 2. The van der Waals surface area contributed by atoms with Crippen molar-refractivity contribution in [2.75, 3.05) is 19.6 Å². The second kappa shape index (κ2) is 7.76. The summed E-state index contributed by atoms with van der Waals surface area (Å²) in [5.74, 6) is -0.373. The number of amides is 1. The quantitative estimate of drug-likeness (QED) is 0.841. The second-order valence-electron chi connectivity index (χ2n) is 7.15. The molecule has 2 N–H and O–H groups in total. The van der Waals surface area contributed by atoms with Crippen LogP contribution in [0.25, 0.3) is 0 Å². The van der Waals surface area contributed by atoms with E-state index in [0.717, 1.165) is 44.3 Å². The van der Waals surface area contributed by atoms with Crippen molar-refractivity contribution in [3.8, 4) is 0 Å². The molecule has 1 saturated carbocycles. The van der Waals surface area contributed by atoms with E-state index in [1.807, 2.05) is 23.0 Å². The molecule has 1 aliphatic carbocycles. The summed E-state index contributed by atoms with van der Waals surface area (Å²) < 4.78 is 15.0. The highest BCUT2D eigenvalue weighted by Gasteiger charge is 2.44. The molecule has 1 saturated heterocycles. The van der Waals surface area contributed by atoms with Crippen LogP contribution >= 0.6 is 12.4 Å². The molecule has 2 aromatic rings. The smallest absolute Gasteiger partial charge is 0.271 e. The van der Waals surface area contributed by atoms with E-state index in [9.17, 15) is 9.18 Å². The molecule has 0 radical (unpaired) electrons. The monoisotopic (exact) mass is 378 g/mol. The first kappa shape index (κ1) is 18.9. The van der Waals surface area contributed by atoms with Crippen molar-refractivity contribution in [1.82, 2.24) is 20.4 Å². The first-order valence-corrected chi connectivity index (χ1v) is 8.96. The van der Waals surface area contributed by atoms with E-state index in [4.69, 9.17) is 0 Å². The summed E-state index contributed by atoms with van der Waals surface area (Å²) in [5.41, 5.74) is 1.51. The summed E-state index contributed by atoms with van der Waals surface area (Å²) >= 11 is 0. The molecule has 5 nitrogen and oxygen atoms in total. The van der Waals surface area contributed by atoms with Crippen molar-refractivity contribution in [3.05, 3.63) is 53.6 Å². The van der Waals surface area contributed by atoms with Gasteiger partial charge in [0.1, 0.15) is 11.5 Å². The van der Waals surface area contributed by atoms with Crippen molar-refractivity contribution in [2.45, 2.75) is 37.1 Å². The van der Waals surface area contributed by atoms with Gasteiger partial charge in [0.05, 0.1) is 6.04 Å². The molecule has 1 aliphatic heterocycles.